The van der Waals surface area contributed by atoms with Gasteiger partial charge in [-0.1, -0.05) is 49.7 Å². The number of carbonyl (C=O) groups is 7. The van der Waals surface area contributed by atoms with Gasteiger partial charge in [0.25, 0.3) is 0 Å². The third-order valence-electron chi connectivity index (χ3n) is 10.0. The minimum Gasteiger partial charge on any atom is -0.502 e. The molecule has 0 aromatic heterocycles. The lowest BCUT2D eigenvalue weighted by Crippen LogP contribution is -2.60. The van der Waals surface area contributed by atoms with Crippen molar-refractivity contribution in [2.75, 3.05) is 13.2 Å². The molecule has 1 aliphatic heterocycles. The van der Waals surface area contributed by atoms with Crippen molar-refractivity contribution in [3.63, 3.8) is 0 Å². The largest absolute Gasteiger partial charge is 0.502 e. The van der Waals surface area contributed by atoms with Crippen molar-refractivity contribution in [3.8, 4) is 5.75 Å². The van der Waals surface area contributed by atoms with Crippen LogP contribution in [0.15, 0.2) is 60.7 Å². The number of carboxylic acid groups (broad SMARTS) is 1. The van der Waals surface area contributed by atoms with Crippen LogP contribution in [0.1, 0.15) is 78.1 Å². The summed E-state index contributed by atoms with van der Waals surface area (Å²) in [5.41, 5.74) is 1.82. The standard InChI is InChI=1S/C42H48IN5O12/c1-4-8-29(44-36(51)21-27-14-17-34(49)33(20-27)48(58)59)39(54)46-31(19-26-12-15-28(43)16-13-26)41(56)47-18-6-5-11-32(47)40(55)45-30(22-37(52)53)35(50)23-60-42(57)38-24(2)9-7-10-25(38)3/h7,9-10,12-17,20,29-32,49H,4-6,8,11,18-19,21-23H2,1-3H3,(H,44,51)(H,45,55)(H,46,54)(H,52,53)/t29-,30-,31-,32+/m0/s1. The van der Waals surface area contributed by atoms with Crippen molar-refractivity contribution in [3.05, 3.63) is 102 Å². The zero-order valence-electron chi connectivity index (χ0n) is 33.4. The monoisotopic (exact) mass is 941 g/mol. The molecular weight excluding hydrogens is 893 g/mol. The molecule has 0 unspecified atom stereocenters. The Morgan fingerprint density at radius 3 is 2.22 bits per heavy atom. The lowest BCUT2D eigenvalue weighted by atomic mass is 9.97. The van der Waals surface area contributed by atoms with Crippen LogP contribution in [0.2, 0.25) is 0 Å². The van der Waals surface area contributed by atoms with Gasteiger partial charge < -0.3 is 35.8 Å². The maximum atomic E-state index is 14.5. The highest BCUT2D eigenvalue weighted by Crippen LogP contribution is 2.27. The molecule has 1 fully saturated rings. The number of nitrogens with zero attached hydrogens (tertiary/aromatic N) is 2. The van der Waals surface area contributed by atoms with E-state index in [1.54, 1.807) is 51.1 Å². The van der Waals surface area contributed by atoms with E-state index in [2.05, 4.69) is 38.5 Å². The first-order valence-electron chi connectivity index (χ1n) is 19.4. The second-order valence-electron chi connectivity index (χ2n) is 14.6. The molecular formula is C42H48IN5O12. The van der Waals surface area contributed by atoms with Gasteiger partial charge in [-0.25, -0.2) is 4.79 Å². The number of phenols is 1. The number of rotatable bonds is 19. The van der Waals surface area contributed by atoms with Crippen LogP contribution in [0.25, 0.3) is 0 Å². The number of aromatic hydroxyl groups is 1. The summed E-state index contributed by atoms with van der Waals surface area (Å²) in [6, 6.07) is 10.8. The van der Waals surface area contributed by atoms with Crippen molar-refractivity contribution in [1.82, 2.24) is 20.9 Å². The lowest BCUT2D eigenvalue weighted by molar-refractivity contribution is -0.385. The average Bonchev–Trinajstić information content (AvgIpc) is 3.20. The fourth-order valence-corrected chi connectivity index (χ4v) is 7.30. The van der Waals surface area contributed by atoms with Crippen LogP contribution < -0.4 is 16.0 Å². The van der Waals surface area contributed by atoms with Gasteiger partial charge >= 0.3 is 17.6 Å². The maximum Gasteiger partial charge on any atom is 0.339 e. The topological polar surface area (TPSA) is 252 Å². The number of Topliss-reactive ketones (excluding diaryl/α,β-unsaturated/α-hetero) is 1. The Kier molecular flexibility index (Phi) is 17.1. The number of ketones is 1. The molecule has 5 N–H and O–H groups in total. The predicted octanol–water partition coefficient (Wildman–Crippen LogP) is 3.84. The van der Waals surface area contributed by atoms with Crippen LogP contribution in [-0.2, 0) is 46.3 Å². The highest BCUT2D eigenvalue weighted by atomic mass is 127. The van der Waals surface area contributed by atoms with Gasteiger partial charge in [-0.2, -0.15) is 0 Å². The maximum absolute atomic E-state index is 14.5. The van der Waals surface area contributed by atoms with Crippen LogP contribution >= 0.6 is 22.6 Å². The first-order chi connectivity index (χ1) is 28.5. The van der Waals surface area contributed by atoms with E-state index in [0.717, 1.165) is 15.7 Å². The summed E-state index contributed by atoms with van der Waals surface area (Å²) in [5.74, 6) is -6.36. The van der Waals surface area contributed by atoms with Crippen molar-refractivity contribution in [2.24, 2.45) is 0 Å². The zero-order valence-corrected chi connectivity index (χ0v) is 35.6. The van der Waals surface area contributed by atoms with Gasteiger partial charge in [-0.15, -0.1) is 0 Å². The quantitative estimate of drug-likeness (QED) is 0.0498. The van der Waals surface area contributed by atoms with Crippen LogP contribution in [0.3, 0.4) is 0 Å². The summed E-state index contributed by atoms with van der Waals surface area (Å²) in [6.07, 6.45) is 0.671. The first-order valence-corrected chi connectivity index (χ1v) is 20.5. The molecule has 0 spiro atoms. The van der Waals surface area contributed by atoms with Crippen molar-refractivity contribution in [2.45, 2.75) is 96.3 Å². The number of likely N-dealkylation sites (tertiary alicyclic amines) is 1. The number of esters is 1. The van der Waals surface area contributed by atoms with E-state index in [-0.39, 0.29) is 43.4 Å². The lowest BCUT2D eigenvalue weighted by Gasteiger charge is -2.38. The summed E-state index contributed by atoms with van der Waals surface area (Å²) in [4.78, 5) is 105. The molecule has 3 aromatic rings. The molecule has 3 aromatic carbocycles. The van der Waals surface area contributed by atoms with Crippen LogP contribution in [0.5, 0.6) is 5.75 Å². The number of amides is 4. The molecule has 18 heteroatoms. The second kappa shape index (κ2) is 21.9. The molecule has 4 atom stereocenters. The van der Waals surface area contributed by atoms with Crippen molar-refractivity contribution >= 4 is 69.6 Å². The minimum absolute atomic E-state index is 0.00214. The highest BCUT2D eigenvalue weighted by Gasteiger charge is 2.39. The number of nitro benzene ring substituents is 1. The highest BCUT2D eigenvalue weighted by molar-refractivity contribution is 14.1. The third-order valence-corrected chi connectivity index (χ3v) is 10.7. The molecule has 0 saturated carbocycles. The Morgan fingerprint density at radius 1 is 0.917 bits per heavy atom. The number of halogens is 1. The van der Waals surface area contributed by atoms with E-state index in [4.69, 9.17) is 4.74 Å². The Balaban J connectivity index is 1.53. The molecule has 1 aliphatic rings. The molecule has 320 valence electrons. The molecule has 1 saturated heterocycles. The smallest absolute Gasteiger partial charge is 0.339 e. The normalized spacial score (nSPS) is 15.1. The van der Waals surface area contributed by atoms with E-state index in [0.29, 0.717) is 36.0 Å². The minimum atomic E-state index is -1.59. The molecule has 1 heterocycles. The molecule has 4 rings (SSSR count). The third kappa shape index (κ3) is 13.0. The SMILES string of the molecule is CCC[C@H](NC(=O)Cc1ccc(O)c([N+](=O)[O-])c1)C(=O)N[C@@H](Cc1ccc(I)cc1)C(=O)N1CCCC[C@@H]1C(=O)N[C@@H](CC(=O)O)C(=O)COC(=O)c1c(C)cccc1C. The molecule has 0 aliphatic carbocycles. The van der Waals surface area contributed by atoms with E-state index < -0.39 is 94.9 Å². The zero-order chi connectivity index (χ0) is 44.1. The number of hydrogen-bond donors (Lipinski definition) is 5. The number of aliphatic carboxylic acids is 1. The Hall–Kier alpha value is -5.92. The fraction of sp³-hybridized carbons (Fsp3) is 0.405. The first kappa shape index (κ1) is 46.8. The second-order valence-corrected chi connectivity index (χ2v) is 15.8. The number of nitrogens with one attached hydrogen (secondary N) is 3. The molecule has 0 radical (unpaired) electrons. The van der Waals surface area contributed by atoms with E-state index in [1.807, 2.05) is 12.1 Å². The number of carboxylic acids is 1. The molecule has 4 amide bonds. The van der Waals surface area contributed by atoms with Crippen molar-refractivity contribution < 1.29 is 53.4 Å². The van der Waals surface area contributed by atoms with Gasteiger partial charge in [0.1, 0.15) is 24.2 Å². The predicted molar refractivity (Wildman–Crippen MR) is 225 cm³/mol. The number of nitro groups is 1. The fourth-order valence-electron chi connectivity index (χ4n) is 6.94. The van der Waals surface area contributed by atoms with Gasteiger partial charge in [0.05, 0.1) is 23.3 Å². The Labute approximate surface area is 359 Å². The Bertz CT molecular complexity index is 2090. The van der Waals surface area contributed by atoms with E-state index >= 15 is 0 Å². The van der Waals surface area contributed by atoms with Gasteiger partial charge in [0, 0.05) is 22.6 Å². The number of ether oxygens (including phenoxy) is 1. The van der Waals surface area contributed by atoms with Crippen LogP contribution in [0, 0.1) is 27.5 Å². The van der Waals surface area contributed by atoms with Crippen LogP contribution in [-0.4, -0.2) is 98.7 Å². The summed E-state index contributed by atoms with van der Waals surface area (Å²) >= 11 is 2.13. The average molecular weight is 942 g/mol. The summed E-state index contributed by atoms with van der Waals surface area (Å²) in [6.45, 7) is 4.49. The van der Waals surface area contributed by atoms with Crippen molar-refractivity contribution in [1.29, 1.82) is 0 Å². The molecule has 17 nitrogen and oxygen atoms in total. The van der Waals surface area contributed by atoms with E-state index in [9.17, 15) is 53.9 Å². The van der Waals surface area contributed by atoms with Crippen LogP contribution in [0.4, 0.5) is 5.69 Å². The number of carbonyl (C=O) groups excluding carboxylic acids is 6. The number of phenolic OH excluding ortho intramolecular Hbond substituents is 1. The van der Waals surface area contributed by atoms with E-state index in [1.165, 1.54) is 11.0 Å². The number of piperidine rings is 1. The summed E-state index contributed by atoms with van der Waals surface area (Å²) in [7, 11) is 0. The Morgan fingerprint density at radius 2 is 1.58 bits per heavy atom. The summed E-state index contributed by atoms with van der Waals surface area (Å²) in [5, 5.41) is 38.6. The number of benzene rings is 3. The van der Waals surface area contributed by atoms with Gasteiger partial charge in [0.2, 0.25) is 23.6 Å². The van der Waals surface area contributed by atoms with Gasteiger partial charge in [0.15, 0.2) is 18.1 Å². The van der Waals surface area contributed by atoms with Gasteiger partial charge in [-0.3, -0.25) is 38.9 Å². The molecule has 60 heavy (non-hydrogen) atoms. The summed E-state index contributed by atoms with van der Waals surface area (Å²) < 4.78 is 6.17. The van der Waals surface area contributed by atoms with Gasteiger partial charge in [-0.05, 0) is 103 Å². The molecule has 0 bridgehead atoms. The number of hydrogen-bond acceptors (Lipinski definition) is 11. The number of aryl methyl sites for hydroxylation is 2.